The van der Waals surface area contributed by atoms with Crippen LogP contribution in [-0.4, -0.2) is 35.2 Å². The predicted molar refractivity (Wildman–Crippen MR) is 69.2 cm³/mol. The number of nitrogens with one attached hydrogen (secondary N) is 1. The Hall–Kier alpha value is -1.88. The van der Waals surface area contributed by atoms with E-state index in [9.17, 15) is 4.79 Å². The summed E-state index contributed by atoms with van der Waals surface area (Å²) in [5.74, 6) is -0.255. The molecule has 0 aliphatic carbocycles. The SMILES string of the molecule is CCNC(Cn1cnc2ccccc21)C(=O)OC. The molecule has 5 heteroatoms. The molecule has 0 saturated carbocycles. The summed E-state index contributed by atoms with van der Waals surface area (Å²) < 4.78 is 6.75. The van der Waals surface area contributed by atoms with Gasteiger partial charge < -0.3 is 14.6 Å². The molecule has 0 amide bonds. The fourth-order valence-corrected chi connectivity index (χ4v) is 1.96. The molecule has 1 aromatic heterocycles. The number of likely N-dealkylation sites (N-methyl/N-ethyl adjacent to an activating group) is 1. The zero-order valence-electron chi connectivity index (χ0n) is 10.6. The van der Waals surface area contributed by atoms with Crippen molar-refractivity contribution < 1.29 is 9.53 Å². The Morgan fingerprint density at radius 3 is 3.00 bits per heavy atom. The molecule has 0 radical (unpaired) electrons. The number of fused-ring (bicyclic) bond motifs is 1. The number of carbonyl (C=O) groups is 1. The van der Waals surface area contributed by atoms with E-state index in [0.717, 1.165) is 11.0 Å². The Kier molecular flexibility index (Phi) is 3.94. The lowest BCUT2D eigenvalue weighted by molar-refractivity contribution is -0.143. The second-order valence-corrected chi connectivity index (χ2v) is 4.02. The highest BCUT2D eigenvalue weighted by molar-refractivity contribution is 5.77. The van der Waals surface area contributed by atoms with Crippen molar-refractivity contribution in [1.29, 1.82) is 0 Å². The van der Waals surface area contributed by atoms with Gasteiger partial charge in [-0.25, -0.2) is 4.98 Å². The standard InChI is InChI=1S/C13H17N3O2/c1-3-14-11(13(17)18-2)8-16-9-15-10-6-4-5-7-12(10)16/h4-7,9,11,14H,3,8H2,1-2H3. The zero-order valence-corrected chi connectivity index (χ0v) is 10.6. The predicted octanol–water partition coefficient (Wildman–Crippen LogP) is 1.19. The number of benzene rings is 1. The van der Waals surface area contributed by atoms with Crippen LogP contribution in [0.3, 0.4) is 0 Å². The summed E-state index contributed by atoms with van der Waals surface area (Å²) in [4.78, 5) is 15.9. The Labute approximate surface area is 106 Å². The molecular weight excluding hydrogens is 230 g/mol. The number of para-hydroxylation sites is 2. The highest BCUT2D eigenvalue weighted by Gasteiger charge is 2.19. The van der Waals surface area contributed by atoms with Gasteiger partial charge in [-0.15, -0.1) is 0 Å². The van der Waals surface area contributed by atoms with Crippen molar-refractivity contribution in [2.75, 3.05) is 13.7 Å². The van der Waals surface area contributed by atoms with Crippen molar-refractivity contribution in [3.63, 3.8) is 0 Å². The van der Waals surface area contributed by atoms with Crippen molar-refractivity contribution in [3.05, 3.63) is 30.6 Å². The van der Waals surface area contributed by atoms with Crippen LogP contribution < -0.4 is 5.32 Å². The smallest absolute Gasteiger partial charge is 0.324 e. The Bertz CT molecular complexity index is 536. The molecule has 96 valence electrons. The second-order valence-electron chi connectivity index (χ2n) is 4.02. The lowest BCUT2D eigenvalue weighted by atomic mass is 10.2. The van der Waals surface area contributed by atoms with Crippen LogP contribution in [0.4, 0.5) is 0 Å². The van der Waals surface area contributed by atoms with Crippen molar-refractivity contribution >= 4 is 17.0 Å². The van der Waals surface area contributed by atoms with Gasteiger partial charge in [-0.2, -0.15) is 0 Å². The molecule has 2 rings (SSSR count). The van der Waals surface area contributed by atoms with Crippen molar-refractivity contribution in [3.8, 4) is 0 Å². The quantitative estimate of drug-likeness (QED) is 0.806. The number of nitrogens with zero attached hydrogens (tertiary/aromatic N) is 2. The minimum atomic E-state index is -0.349. The van der Waals surface area contributed by atoms with E-state index >= 15 is 0 Å². The lowest BCUT2D eigenvalue weighted by Gasteiger charge is -2.16. The Morgan fingerprint density at radius 1 is 1.50 bits per heavy atom. The van der Waals surface area contributed by atoms with E-state index in [-0.39, 0.29) is 12.0 Å². The molecule has 0 saturated heterocycles. The van der Waals surface area contributed by atoms with Gasteiger partial charge in [0.15, 0.2) is 0 Å². The monoisotopic (exact) mass is 247 g/mol. The molecule has 0 bridgehead atoms. The minimum Gasteiger partial charge on any atom is -0.468 e. The summed E-state index contributed by atoms with van der Waals surface area (Å²) >= 11 is 0. The van der Waals surface area contributed by atoms with Crippen molar-refractivity contribution in [1.82, 2.24) is 14.9 Å². The first-order chi connectivity index (χ1) is 8.76. The first kappa shape index (κ1) is 12.6. The van der Waals surface area contributed by atoms with Gasteiger partial charge in [-0.3, -0.25) is 4.79 Å². The van der Waals surface area contributed by atoms with Crippen molar-refractivity contribution in [2.45, 2.75) is 19.5 Å². The van der Waals surface area contributed by atoms with Crippen LogP contribution in [-0.2, 0) is 16.1 Å². The van der Waals surface area contributed by atoms with Gasteiger partial charge in [0.05, 0.1) is 31.0 Å². The van der Waals surface area contributed by atoms with Gasteiger partial charge in [0.1, 0.15) is 6.04 Å². The topological polar surface area (TPSA) is 56.2 Å². The number of aromatic nitrogens is 2. The van der Waals surface area contributed by atoms with Crippen LogP contribution in [0.25, 0.3) is 11.0 Å². The molecule has 0 fully saturated rings. The third-order valence-electron chi connectivity index (χ3n) is 2.84. The van der Waals surface area contributed by atoms with E-state index in [1.165, 1.54) is 7.11 Å². The van der Waals surface area contributed by atoms with Gasteiger partial charge in [0, 0.05) is 0 Å². The molecule has 1 heterocycles. The van der Waals surface area contributed by atoms with Crippen LogP contribution in [0.15, 0.2) is 30.6 Å². The lowest BCUT2D eigenvalue weighted by Crippen LogP contribution is -2.40. The Morgan fingerprint density at radius 2 is 2.28 bits per heavy atom. The number of methoxy groups -OCH3 is 1. The first-order valence-corrected chi connectivity index (χ1v) is 5.97. The van der Waals surface area contributed by atoms with E-state index in [1.54, 1.807) is 6.33 Å². The summed E-state index contributed by atoms with van der Waals surface area (Å²) in [6, 6.07) is 7.50. The van der Waals surface area contributed by atoms with Gasteiger partial charge >= 0.3 is 5.97 Å². The van der Waals surface area contributed by atoms with Gasteiger partial charge in [-0.05, 0) is 18.7 Å². The molecule has 0 aliphatic heterocycles. The third-order valence-corrected chi connectivity index (χ3v) is 2.84. The van der Waals surface area contributed by atoms with E-state index in [2.05, 4.69) is 10.3 Å². The number of hydrogen-bond acceptors (Lipinski definition) is 4. The summed E-state index contributed by atoms with van der Waals surface area (Å²) in [5, 5.41) is 3.11. The molecule has 5 nitrogen and oxygen atoms in total. The first-order valence-electron chi connectivity index (χ1n) is 5.97. The van der Waals surface area contributed by atoms with E-state index in [1.807, 2.05) is 35.8 Å². The van der Waals surface area contributed by atoms with Gasteiger partial charge in [0.2, 0.25) is 0 Å². The molecule has 0 spiro atoms. The number of esters is 1. The van der Waals surface area contributed by atoms with Crippen LogP contribution in [0.1, 0.15) is 6.92 Å². The average Bonchev–Trinajstić information content (AvgIpc) is 2.81. The maximum absolute atomic E-state index is 11.6. The third kappa shape index (κ3) is 2.51. The van der Waals surface area contributed by atoms with E-state index < -0.39 is 0 Å². The molecule has 1 N–H and O–H groups in total. The van der Waals surface area contributed by atoms with Gasteiger partial charge in [-0.1, -0.05) is 19.1 Å². The largest absolute Gasteiger partial charge is 0.468 e. The number of carbonyl (C=O) groups excluding carboxylic acids is 1. The number of hydrogen-bond donors (Lipinski definition) is 1. The van der Waals surface area contributed by atoms with Crippen LogP contribution in [0, 0.1) is 0 Å². The summed E-state index contributed by atoms with van der Waals surface area (Å²) in [5.41, 5.74) is 1.95. The molecular formula is C13H17N3O2. The normalized spacial score (nSPS) is 12.6. The molecule has 18 heavy (non-hydrogen) atoms. The van der Waals surface area contributed by atoms with Crippen LogP contribution >= 0.6 is 0 Å². The maximum Gasteiger partial charge on any atom is 0.324 e. The van der Waals surface area contributed by atoms with Crippen LogP contribution in [0.5, 0.6) is 0 Å². The minimum absolute atomic E-state index is 0.255. The van der Waals surface area contributed by atoms with Crippen molar-refractivity contribution in [2.24, 2.45) is 0 Å². The van der Waals surface area contributed by atoms with Crippen LogP contribution in [0.2, 0.25) is 0 Å². The molecule has 2 aromatic rings. The molecule has 1 atom stereocenters. The molecule has 1 aromatic carbocycles. The van der Waals surface area contributed by atoms with E-state index in [4.69, 9.17) is 4.74 Å². The summed E-state index contributed by atoms with van der Waals surface area (Å²) in [7, 11) is 1.40. The number of ether oxygens (including phenoxy) is 1. The number of imidazole rings is 1. The highest BCUT2D eigenvalue weighted by atomic mass is 16.5. The fourth-order valence-electron chi connectivity index (χ4n) is 1.96. The van der Waals surface area contributed by atoms with E-state index in [0.29, 0.717) is 13.1 Å². The summed E-state index contributed by atoms with van der Waals surface area (Å²) in [6.07, 6.45) is 1.75. The van der Waals surface area contributed by atoms with Gasteiger partial charge in [0.25, 0.3) is 0 Å². The molecule has 1 unspecified atom stereocenters. The average molecular weight is 247 g/mol. The zero-order chi connectivity index (χ0) is 13.0. The Balaban J connectivity index is 2.23. The number of rotatable bonds is 5. The summed E-state index contributed by atoms with van der Waals surface area (Å²) in [6.45, 7) is 3.19. The maximum atomic E-state index is 11.6. The molecule has 0 aliphatic rings. The fraction of sp³-hybridized carbons (Fsp3) is 0.385. The highest BCUT2D eigenvalue weighted by Crippen LogP contribution is 2.12. The second kappa shape index (κ2) is 5.64.